The van der Waals surface area contributed by atoms with Crippen LogP contribution in [0.1, 0.15) is 17.3 Å². The molecule has 2 heterocycles. The van der Waals surface area contributed by atoms with Gasteiger partial charge in [-0.05, 0) is 43.3 Å². The van der Waals surface area contributed by atoms with Gasteiger partial charge in [-0.15, -0.1) is 0 Å². The molecule has 1 atom stereocenters. The smallest absolute Gasteiger partial charge is 0.255 e. The summed E-state index contributed by atoms with van der Waals surface area (Å²) in [6.45, 7) is 3.27. The summed E-state index contributed by atoms with van der Waals surface area (Å²) in [5, 5.41) is 9.79. The van der Waals surface area contributed by atoms with E-state index in [-0.39, 0.29) is 11.4 Å². The van der Waals surface area contributed by atoms with E-state index in [9.17, 15) is 4.79 Å². The number of nitrogens with zero attached hydrogens (tertiary/aromatic N) is 1. The number of carbonyl (C=O) groups is 1. The molecule has 1 amide bonds. The number of pyridine rings is 1. The third kappa shape index (κ3) is 4.46. The second-order valence-electron chi connectivity index (χ2n) is 7.45. The summed E-state index contributed by atoms with van der Waals surface area (Å²) in [5.41, 5.74) is 2.64. The second kappa shape index (κ2) is 8.32. The standard InChI is InChI=1S/C23H24N4O3/c1-23(14-25-17-6-4-3-5-7-17)15-30-20-10-8-16(12-19(20)27-23)22(28)26-18-9-11-21(29-2)24-13-18/h3-13,25,27H,14-15H2,1-2H3,(H,26,28). The minimum Gasteiger partial charge on any atom is -0.489 e. The number of fused-ring (bicyclic) bond motifs is 1. The van der Waals surface area contributed by atoms with E-state index in [1.54, 1.807) is 31.5 Å². The topological polar surface area (TPSA) is 84.5 Å². The Balaban J connectivity index is 1.44. The molecule has 154 valence electrons. The molecule has 0 spiro atoms. The molecule has 1 aliphatic heterocycles. The van der Waals surface area contributed by atoms with Crippen LogP contribution < -0.4 is 25.4 Å². The molecule has 1 unspecified atom stereocenters. The van der Waals surface area contributed by atoms with E-state index in [2.05, 4.69) is 27.9 Å². The number of hydrogen-bond acceptors (Lipinski definition) is 6. The first-order valence-electron chi connectivity index (χ1n) is 9.70. The molecule has 7 nitrogen and oxygen atoms in total. The van der Waals surface area contributed by atoms with Gasteiger partial charge in [0.25, 0.3) is 5.91 Å². The highest BCUT2D eigenvalue weighted by Gasteiger charge is 2.31. The lowest BCUT2D eigenvalue weighted by Gasteiger charge is -2.37. The molecular weight excluding hydrogens is 380 g/mol. The number of hydrogen-bond donors (Lipinski definition) is 3. The number of nitrogens with one attached hydrogen (secondary N) is 3. The highest BCUT2D eigenvalue weighted by Crippen LogP contribution is 2.33. The summed E-state index contributed by atoms with van der Waals surface area (Å²) in [6, 6.07) is 18.8. The number of methoxy groups -OCH3 is 1. The zero-order valence-corrected chi connectivity index (χ0v) is 16.9. The molecule has 2 aromatic carbocycles. The van der Waals surface area contributed by atoms with Crippen molar-refractivity contribution in [2.24, 2.45) is 0 Å². The van der Waals surface area contributed by atoms with Gasteiger partial charge in [0.2, 0.25) is 5.88 Å². The lowest BCUT2D eigenvalue weighted by molar-refractivity contribution is 0.102. The average molecular weight is 404 g/mol. The quantitative estimate of drug-likeness (QED) is 0.576. The molecule has 1 aliphatic rings. The molecule has 4 rings (SSSR count). The molecule has 7 heteroatoms. The van der Waals surface area contributed by atoms with Crippen LogP contribution in [0.3, 0.4) is 0 Å². The Labute approximate surface area is 175 Å². The molecule has 0 fully saturated rings. The first-order valence-corrected chi connectivity index (χ1v) is 9.70. The number of rotatable bonds is 6. The van der Waals surface area contributed by atoms with E-state index in [4.69, 9.17) is 9.47 Å². The maximum atomic E-state index is 12.7. The van der Waals surface area contributed by atoms with Crippen LogP contribution in [0.25, 0.3) is 0 Å². The van der Waals surface area contributed by atoms with E-state index in [1.807, 2.05) is 42.5 Å². The van der Waals surface area contributed by atoms with E-state index in [1.165, 1.54) is 0 Å². The van der Waals surface area contributed by atoms with Crippen LogP contribution in [-0.4, -0.2) is 36.7 Å². The molecule has 0 saturated heterocycles. The fourth-order valence-electron chi connectivity index (χ4n) is 3.22. The van der Waals surface area contributed by atoms with Gasteiger partial charge in [-0.1, -0.05) is 18.2 Å². The predicted molar refractivity (Wildman–Crippen MR) is 118 cm³/mol. The van der Waals surface area contributed by atoms with E-state index in [0.717, 1.165) is 17.1 Å². The average Bonchev–Trinajstić information content (AvgIpc) is 2.78. The number of anilines is 3. The minimum atomic E-state index is -0.322. The molecule has 3 aromatic rings. The molecule has 0 bridgehead atoms. The maximum Gasteiger partial charge on any atom is 0.255 e. The minimum absolute atomic E-state index is 0.221. The van der Waals surface area contributed by atoms with Crippen molar-refractivity contribution in [3.8, 4) is 11.6 Å². The third-order valence-corrected chi connectivity index (χ3v) is 4.88. The van der Waals surface area contributed by atoms with Crippen molar-refractivity contribution in [3.63, 3.8) is 0 Å². The van der Waals surface area contributed by atoms with Crippen LogP contribution in [0.4, 0.5) is 17.1 Å². The van der Waals surface area contributed by atoms with Crippen LogP contribution in [0.2, 0.25) is 0 Å². The van der Waals surface area contributed by atoms with Gasteiger partial charge in [-0.3, -0.25) is 4.79 Å². The zero-order chi connectivity index (χ0) is 21.0. The van der Waals surface area contributed by atoms with E-state index in [0.29, 0.717) is 30.3 Å². The Kier molecular flexibility index (Phi) is 5.43. The van der Waals surface area contributed by atoms with Crippen molar-refractivity contribution in [2.45, 2.75) is 12.5 Å². The van der Waals surface area contributed by atoms with Gasteiger partial charge < -0.3 is 25.4 Å². The summed E-state index contributed by atoms with van der Waals surface area (Å²) in [5.74, 6) is 1.00. The highest BCUT2D eigenvalue weighted by molar-refractivity contribution is 6.05. The van der Waals surface area contributed by atoms with Crippen LogP contribution in [0.5, 0.6) is 11.6 Å². The first kappa shape index (κ1) is 19.6. The van der Waals surface area contributed by atoms with Crippen LogP contribution >= 0.6 is 0 Å². The van der Waals surface area contributed by atoms with Crippen LogP contribution in [0, 0.1) is 0 Å². The van der Waals surface area contributed by atoms with Gasteiger partial charge in [-0.2, -0.15) is 0 Å². The Hall–Kier alpha value is -3.74. The fraction of sp³-hybridized carbons (Fsp3) is 0.217. The number of ether oxygens (including phenoxy) is 2. The van der Waals surface area contributed by atoms with Crippen molar-refractivity contribution >= 4 is 23.0 Å². The Morgan fingerprint density at radius 2 is 2.00 bits per heavy atom. The van der Waals surface area contributed by atoms with Crippen molar-refractivity contribution in [3.05, 3.63) is 72.4 Å². The molecule has 30 heavy (non-hydrogen) atoms. The monoisotopic (exact) mass is 404 g/mol. The van der Waals surface area contributed by atoms with Crippen LogP contribution in [0.15, 0.2) is 66.9 Å². The number of amides is 1. The summed E-state index contributed by atoms with van der Waals surface area (Å²) >= 11 is 0. The number of benzene rings is 2. The SMILES string of the molecule is COc1ccc(NC(=O)c2ccc3c(c2)NC(C)(CNc2ccccc2)CO3)cn1. The second-order valence-corrected chi connectivity index (χ2v) is 7.45. The lowest BCUT2D eigenvalue weighted by Crippen LogP contribution is -2.49. The van der Waals surface area contributed by atoms with Crippen molar-refractivity contribution in [1.82, 2.24) is 4.98 Å². The number of aromatic nitrogens is 1. The summed E-state index contributed by atoms with van der Waals surface area (Å²) in [7, 11) is 1.55. The normalized spacial score (nSPS) is 17.1. The third-order valence-electron chi connectivity index (χ3n) is 4.88. The molecule has 0 radical (unpaired) electrons. The van der Waals surface area contributed by atoms with Gasteiger partial charge in [0.05, 0.1) is 30.2 Å². The molecule has 0 saturated carbocycles. The molecule has 1 aromatic heterocycles. The molecular formula is C23H24N4O3. The van der Waals surface area contributed by atoms with Crippen molar-refractivity contribution in [1.29, 1.82) is 0 Å². The summed E-state index contributed by atoms with van der Waals surface area (Å²) < 4.78 is 11.0. The van der Waals surface area contributed by atoms with Gasteiger partial charge in [-0.25, -0.2) is 4.98 Å². The highest BCUT2D eigenvalue weighted by atomic mass is 16.5. The summed E-state index contributed by atoms with van der Waals surface area (Å²) in [4.78, 5) is 16.8. The van der Waals surface area contributed by atoms with Gasteiger partial charge >= 0.3 is 0 Å². The van der Waals surface area contributed by atoms with Gasteiger partial charge in [0.15, 0.2) is 0 Å². The fourth-order valence-corrected chi connectivity index (χ4v) is 3.22. The van der Waals surface area contributed by atoms with Crippen molar-refractivity contribution in [2.75, 3.05) is 36.2 Å². The molecule has 3 N–H and O–H groups in total. The Bertz CT molecular complexity index is 1020. The van der Waals surface area contributed by atoms with Gasteiger partial charge in [0.1, 0.15) is 12.4 Å². The zero-order valence-electron chi connectivity index (χ0n) is 16.9. The summed E-state index contributed by atoms with van der Waals surface area (Å²) in [6.07, 6.45) is 1.56. The van der Waals surface area contributed by atoms with Gasteiger partial charge in [0, 0.05) is 23.9 Å². The van der Waals surface area contributed by atoms with E-state index >= 15 is 0 Å². The Morgan fingerprint density at radius 1 is 1.17 bits per heavy atom. The lowest BCUT2D eigenvalue weighted by atomic mass is 10.00. The molecule has 0 aliphatic carbocycles. The number of para-hydroxylation sites is 1. The first-order chi connectivity index (χ1) is 14.5. The Morgan fingerprint density at radius 3 is 2.73 bits per heavy atom. The number of carbonyl (C=O) groups excluding carboxylic acids is 1. The van der Waals surface area contributed by atoms with Crippen molar-refractivity contribution < 1.29 is 14.3 Å². The largest absolute Gasteiger partial charge is 0.489 e. The van der Waals surface area contributed by atoms with Crippen LogP contribution in [-0.2, 0) is 0 Å². The maximum absolute atomic E-state index is 12.7. The predicted octanol–water partition coefficient (Wildman–Crippen LogP) is 4.02. The van der Waals surface area contributed by atoms with E-state index < -0.39 is 0 Å².